The molecule has 0 spiro atoms. The van der Waals surface area contributed by atoms with Crippen LogP contribution in [0.4, 0.5) is 10.3 Å². The summed E-state index contributed by atoms with van der Waals surface area (Å²) < 4.78 is 12.6. The molecule has 2 heterocycles. The molecule has 0 aliphatic carbocycles. The Kier molecular flexibility index (Phi) is 3.05. The van der Waals surface area contributed by atoms with Crippen molar-refractivity contribution < 1.29 is 4.39 Å². The van der Waals surface area contributed by atoms with Crippen molar-refractivity contribution in [2.45, 2.75) is 6.54 Å². The summed E-state index contributed by atoms with van der Waals surface area (Å²) in [5.41, 5.74) is 0.915. The minimum Gasteiger partial charge on any atom is -0.338 e. The van der Waals surface area contributed by atoms with Crippen molar-refractivity contribution in [1.29, 1.82) is 0 Å². The summed E-state index contributed by atoms with van der Waals surface area (Å²) in [5.74, 6) is 0.0436. The first-order valence-corrected chi connectivity index (χ1v) is 4.84. The molecule has 4 nitrogen and oxygen atoms in total. The third kappa shape index (κ3) is 2.50. The van der Waals surface area contributed by atoms with E-state index in [9.17, 15) is 4.39 Å². The van der Waals surface area contributed by atoms with E-state index in [1.807, 2.05) is 30.1 Å². The molecule has 0 saturated carbocycles. The molecule has 5 heteroatoms. The minimum atomic E-state index is -0.435. The maximum atomic E-state index is 12.6. The molecular weight excluding hydrogens is 207 g/mol. The maximum Gasteiger partial charge on any atom is 0.225 e. The van der Waals surface area contributed by atoms with Crippen LogP contribution in [-0.2, 0) is 6.54 Å². The Hall–Kier alpha value is -2.04. The van der Waals surface area contributed by atoms with Crippen molar-refractivity contribution in [2.75, 3.05) is 11.9 Å². The number of hydrogen-bond donors (Lipinski definition) is 0. The molecule has 0 amide bonds. The van der Waals surface area contributed by atoms with E-state index in [2.05, 4.69) is 15.0 Å². The molecule has 0 aliphatic heterocycles. The molecule has 0 aromatic carbocycles. The Bertz CT molecular complexity index is 443. The lowest BCUT2D eigenvalue weighted by Crippen LogP contribution is -2.19. The third-order valence-corrected chi connectivity index (χ3v) is 2.07. The minimum absolute atomic E-state index is 0.435. The van der Waals surface area contributed by atoms with Crippen LogP contribution in [0.25, 0.3) is 0 Å². The van der Waals surface area contributed by atoms with Crippen molar-refractivity contribution in [3.05, 3.63) is 48.3 Å². The number of halogens is 1. The van der Waals surface area contributed by atoms with E-state index in [1.165, 1.54) is 0 Å². The van der Waals surface area contributed by atoms with Gasteiger partial charge in [-0.15, -0.1) is 0 Å². The number of anilines is 1. The van der Waals surface area contributed by atoms with Gasteiger partial charge in [0.15, 0.2) is 5.82 Å². The van der Waals surface area contributed by atoms with Crippen molar-refractivity contribution in [2.24, 2.45) is 0 Å². The van der Waals surface area contributed by atoms with Crippen LogP contribution in [0.2, 0.25) is 0 Å². The summed E-state index contributed by atoms with van der Waals surface area (Å²) in [7, 11) is 1.84. The summed E-state index contributed by atoms with van der Waals surface area (Å²) >= 11 is 0. The monoisotopic (exact) mass is 218 g/mol. The highest BCUT2D eigenvalue weighted by Gasteiger charge is 2.05. The second-order valence-corrected chi connectivity index (χ2v) is 3.38. The second-order valence-electron chi connectivity index (χ2n) is 3.38. The molecule has 2 rings (SSSR count). The summed E-state index contributed by atoms with van der Waals surface area (Å²) in [6.07, 6.45) is 4.03. The average Bonchev–Trinajstić information content (AvgIpc) is 2.31. The Morgan fingerprint density at radius 3 is 2.56 bits per heavy atom. The van der Waals surface area contributed by atoms with E-state index in [-0.39, 0.29) is 0 Å². The van der Waals surface area contributed by atoms with E-state index in [0.29, 0.717) is 12.5 Å². The predicted octanol–water partition coefficient (Wildman–Crippen LogP) is 1.65. The lowest BCUT2D eigenvalue weighted by molar-refractivity contribution is 0.612. The highest BCUT2D eigenvalue weighted by molar-refractivity contribution is 5.28. The van der Waals surface area contributed by atoms with Gasteiger partial charge in [-0.3, -0.25) is 4.98 Å². The maximum absolute atomic E-state index is 12.6. The molecule has 0 aliphatic rings. The van der Waals surface area contributed by atoms with Crippen LogP contribution in [0.3, 0.4) is 0 Å². The normalized spacial score (nSPS) is 10.1. The number of aromatic nitrogens is 3. The fourth-order valence-electron chi connectivity index (χ4n) is 1.31. The van der Waals surface area contributed by atoms with Gasteiger partial charge in [-0.1, -0.05) is 6.07 Å². The standard InChI is InChI=1S/C11H11FN4/c1-16(8-10-4-2-3-5-13-10)11-14-6-9(12)7-15-11/h2-7H,8H2,1H3. The van der Waals surface area contributed by atoms with Gasteiger partial charge in [-0.2, -0.15) is 0 Å². The first-order valence-electron chi connectivity index (χ1n) is 4.84. The smallest absolute Gasteiger partial charge is 0.225 e. The zero-order valence-electron chi connectivity index (χ0n) is 8.84. The van der Waals surface area contributed by atoms with Gasteiger partial charge in [-0.05, 0) is 12.1 Å². The van der Waals surface area contributed by atoms with E-state index >= 15 is 0 Å². The Morgan fingerprint density at radius 2 is 1.94 bits per heavy atom. The van der Waals surface area contributed by atoms with Crippen molar-refractivity contribution in [1.82, 2.24) is 15.0 Å². The van der Waals surface area contributed by atoms with Crippen molar-refractivity contribution in [3.63, 3.8) is 0 Å². The van der Waals surface area contributed by atoms with E-state index in [0.717, 1.165) is 18.1 Å². The number of nitrogens with zero attached hydrogens (tertiary/aromatic N) is 4. The summed E-state index contributed by atoms with van der Waals surface area (Å²) in [5, 5.41) is 0. The van der Waals surface area contributed by atoms with E-state index in [4.69, 9.17) is 0 Å². The topological polar surface area (TPSA) is 41.9 Å². The Labute approximate surface area is 92.8 Å². The fourth-order valence-corrected chi connectivity index (χ4v) is 1.31. The quantitative estimate of drug-likeness (QED) is 0.785. The molecule has 0 N–H and O–H groups in total. The molecule has 0 atom stereocenters. The zero-order valence-corrected chi connectivity index (χ0v) is 8.84. The first-order chi connectivity index (χ1) is 7.75. The van der Waals surface area contributed by atoms with Crippen LogP contribution >= 0.6 is 0 Å². The lowest BCUT2D eigenvalue weighted by atomic mass is 10.3. The Morgan fingerprint density at radius 1 is 1.19 bits per heavy atom. The number of rotatable bonds is 3. The molecular formula is C11H11FN4. The van der Waals surface area contributed by atoms with Gasteiger partial charge in [0.05, 0.1) is 24.6 Å². The van der Waals surface area contributed by atoms with Gasteiger partial charge in [0.25, 0.3) is 0 Å². The molecule has 0 saturated heterocycles. The molecule has 16 heavy (non-hydrogen) atoms. The molecule has 82 valence electrons. The molecule has 0 bridgehead atoms. The van der Waals surface area contributed by atoms with Gasteiger partial charge in [0.2, 0.25) is 5.95 Å². The molecule has 0 unspecified atom stereocenters. The average molecular weight is 218 g/mol. The van der Waals surface area contributed by atoms with Gasteiger partial charge in [0.1, 0.15) is 0 Å². The van der Waals surface area contributed by atoms with Crippen LogP contribution < -0.4 is 4.90 Å². The largest absolute Gasteiger partial charge is 0.338 e. The van der Waals surface area contributed by atoms with Crippen LogP contribution in [0, 0.1) is 5.82 Å². The van der Waals surface area contributed by atoms with Gasteiger partial charge in [0, 0.05) is 13.2 Å². The third-order valence-electron chi connectivity index (χ3n) is 2.07. The van der Waals surface area contributed by atoms with Crippen molar-refractivity contribution >= 4 is 5.95 Å². The molecule has 0 radical (unpaired) electrons. The summed E-state index contributed by atoms with van der Waals surface area (Å²) in [4.78, 5) is 13.8. The van der Waals surface area contributed by atoms with E-state index in [1.54, 1.807) is 6.20 Å². The highest BCUT2D eigenvalue weighted by Crippen LogP contribution is 2.07. The zero-order chi connectivity index (χ0) is 11.4. The SMILES string of the molecule is CN(Cc1ccccn1)c1ncc(F)cn1. The second kappa shape index (κ2) is 4.65. The number of pyridine rings is 1. The van der Waals surface area contributed by atoms with Crippen LogP contribution in [0.15, 0.2) is 36.8 Å². The van der Waals surface area contributed by atoms with Crippen LogP contribution in [0.1, 0.15) is 5.69 Å². The molecule has 2 aromatic rings. The van der Waals surface area contributed by atoms with E-state index < -0.39 is 5.82 Å². The first kappa shape index (κ1) is 10.5. The highest BCUT2D eigenvalue weighted by atomic mass is 19.1. The van der Waals surface area contributed by atoms with Gasteiger partial charge < -0.3 is 4.90 Å². The van der Waals surface area contributed by atoms with Crippen molar-refractivity contribution in [3.8, 4) is 0 Å². The Balaban J connectivity index is 2.09. The predicted molar refractivity (Wildman–Crippen MR) is 58.3 cm³/mol. The fraction of sp³-hybridized carbons (Fsp3) is 0.182. The molecule has 0 fully saturated rings. The van der Waals surface area contributed by atoms with Crippen LogP contribution in [0.5, 0.6) is 0 Å². The summed E-state index contributed by atoms with van der Waals surface area (Å²) in [6, 6.07) is 5.69. The van der Waals surface area contributed by atoms with Gasteiger partial charge >= 0.3 is 0 Å². The molecule has 2 aromatic heterocycles. The summed E-state index contributed by atoms with van der Waals surface area (Å²) in [6.45, 7) is 0.590. The lowest BCUT2D eigenvalue weighted by Gasteiger charge is -2.15. The van der Waals surface area contributed by atoms with Crippen LogP contribution in [-0.4, -0.2) is 22.0 Å². The number of hydrogen-bond acceptors (Lipinski definition) is 4. The van der Waals surface area contributed by atoms with Gasteiger partial charge in [-0.25, -0.2) is 14.4 Å².